The van der Waals surface area contributed by atoms with Gasteiger partial charge in [-0.05, 0) is 29.8 Å². The van der Waals surface area contributed by atoms with Crippen LogP contribution in [0.25, 0.3) is 0 Å². The number of alkyl halides is 3. The van der Waals surface area contributed by atoms with Crippen molar-refractivity contribution < 1.29 is 17.6 Å². The SMILES string of the molecule is Fc1ccc(CNc2cc(C(F)(F)F)ccn2)cc1Cl. The number of anilines is 1. The van der Waals surface area contributed by atoms with Crippen LogP contribution in [0.1, 0.15) is 11.1 Å². The van der Waals surface area contributed by atoms with Gasteiger partial charge in [0.2, 0.25) is 0 Å². The zero-order valence-corrected chi connectivity index (χ0v) is 10.8. The topological polar surface area (TPSA) is 24.9 Å². The predicted molar refractivity (Wildman–Crippen MR) is 68.0 cm³/mol. The number of hydrogen-bond donors (Lipinski definition) is 1. The molecule has 1 heterocycles. The molecule has 0 aliphatic rings. The third-order valence-electron chi connectivity index (χ3n) is 2.54. The Balaban J connectivity index is 2.09. The van der Waals surface area contributed by atoms with Gasteiger partial charge in [0.1, 0.15) is 11.6 Å². The van der Waals surface area contributed by atoms with Gasteiger partial charge in [-0.1, -0.05) is 17.7 Å². The van der Waals surface area contributed by atoms with E-state index >= 15 is 0 Å². The average molecular weight is 305 g/mol. The van der Waals surface area contributed by atoms with Crippen molar-refractivity contribution in [1.29, 1.82) is 0 Å². The summed E-state index contributed by atoms with van der Waals surface area (Å²) >= 11 is 5.61. The summed E-state index contributed by atoms with van der Waals surface area (Å²) in [6, 6.07) is 5.88. The number of hydrogen-bond acceptors (Lipinski definition) is 2. The highest BCUT2D eigenvalue weighted by molar-refractivity contribution is 6.30. The highest BCUT2D eigenvalue weighted by Gasteiger charge is 2.30. The number of halogens is 5. The molecule has 0 fully saturated rings. The van der Waals surface area contributed by atoms with E-state index in [1.807, 2.05) is 0 Å². The minimum Gasteiger partial charge on any atom is -0.366 e. The molecule has 0 bridgehead atoms. The Morgan fingerprint density at radius 2 is 1.90 bits per heavy atom. The van der Waals surface area contributed by atoms with Crippen molar-refractivity contribution in [2.45, 2.75) is 12.7 Å². The van der Waals surface area contributed by atoms with Gasteiger partial charge in [0.05, 0.1) is 10.6 Å². The first kappa shape index (κ1) is 14.6. The average Bonchev–Trinajstić information content (AvgIpc) is 2.39. The van der Waals surface area contributed by atoms with Crippen molar-refractivity contribution in [1.82, 2.24) is 4.98 Å². The van der Waals surface area contributed by atoms with Gasteiger partial charge in [-0.2, -0.15) is 13.2 Å². The fourth-order valence-corrected chi connectivity index (χ4v) is 1.75. The lowest BCUT2D eigenvalue weighted by Gasteiger charge is -2.10. The Morgan fingerprint density at radius 1 is 1.15 bits per heavy atom. The van der Waals surface area contributed by atoms with E-state index in [0.29, 0.717) is 5.56 Å². The maximum Gasteiger partial charge on any atom is 0.416 e. The van der Waals surface area contributed by atoms with Crippen molar-refractivity contribution in [3.8, 4) is 0 Å². The zero-order chi connectivity index (χ0) is 14.8. The number of pyridine rings is 1. The highest BCUT2D eigenvalue weighted by atomic mass is 35.5. The molecular formula is C13H9ClF4N2. The van der Waals surface area contributed by atoms with E-state index in [4.69, 9.17) is 11.6 Å². The lowest BCUT2D eigenvalue weighted by atomic mass is 10.2. The number of benzene rings is 1. The molecule has 0 radical (unpaired) electrons. The van der Waals surface area contributed by atoms with E-state index in [2.05, 4.69) is 10.3 Å². The third kappa shape index (κ3) is 3.60. The van der Waals surface area contributed by atoms with Gasteiger partial charge < -0.3 is 5.32 Å². The second-order valence-corrected chi connectivity index (χ2v) is 4.44. The van der Waals surface area contributed by atoms with Crippen molar-refractivity contribution in [3.05, 3.63) is 58.5 Å². The summed E-state index contributed by atoms with van der Waals surface area (Å²) in [4.78, 5) is 3.79. The summed E-state index contributed by atoms with van der Waals surface area (Å²) in [6.07, 6.45) is -3.35. The molecule has 0 aliphatic carbocycles. The summed E-state index contributed by atoms with van der Waals surface area (Å²) in [5.41, 5.74) is -0.150. The second kappa shape index (κ2) is 5.66. The Hall–Kier alpha value is -1.82. The standard InChI is InChI=1S/C13H9ClF4N2/c14-10-5-8(1-2-11(10)15)7-20-12-6-9(3-4-19-12)13(16,17)18/h1-6H,7H2,(H,19,20). The van der Waals surface area contributed by atoms with Gasteiger partial charge >= 0.3 is 6.18 Å². The van der Waals surface area contributed by atoms with Crippen LogP contribution >= 0.6 is 11.6 Å². The van der Waals surface area contributed by atoms with Crippen LogP contribution in [0.4, 0.5) is 23.4 Å². The number of nitrogens with zero attached hydrogens (tertiary/aromatic N) is 1. The Bertz CT molecular complexity index is 614. The van der Waals surface area contributed by atoms with Gasteiger partial charge in [0.25, 0.3) is 0 Å². The molecule has 7 heteroatoms. The first-order valence-corrected chi connectivity index (χ1v) is 5.95. The molecule has 1 aromatic carbocycles. The van der Waals surface area contributed by atoms with E-state index in [1.165, 1.54) is 18.2 Å². The molecule has 106 valence electrons. The largest absolute Gasteiger partial charge is 0.416 e. The van der Waals surface area contributed by atoms with E-state index in [-0.39, 0.29) is 17.4 Å². The molecular weight excluding hydrogens is 296 g/mol. The molecule has 1 N–H and O–H groups in total. The fourth-order valence-electron chi connectivity index (χ4n) is 1.55. The van der Waals surface area contributed by atoms with Crippen LogP contribution in [0, 0.1) is 5.82 Å². The molecule has 2 nitrogen and oxygen atoms in total. The van der Waals surface area contributed by atoms with Crippen LogP contribution in [0.5, 0.6) is 0 Å². The quantitative estimate of drug-likeness (QED) is 0.844. The van der Waals surface area contributed by atoms with Crippen LogP contribution in [-0.2, 0) is 12.7 Å². The van der Waals surface area contributed by atoms with Crippen LogP contribution in [-0.4, -0.2) is 4.98 Å². The van der Waals surface area contributed by atoms with Crippen molar-refractivity contribution in [2.75, 3.05) is 5.32 Å². The monoisotopic (exact) mass is 304 g/mol. The summed E-state index contributed by atoms with van der Waals surface area (Å²) in [5.74, 6) is -0.465. The van der Waals surface area contributed by atoms with E-state index in [1.54, 1.807) is 0 Å². The van der Waals surface area contributed by atoms with Crippen LogP contribution in [0.2, 0.25) is 5.02 Å². The fraction of sp³-hybridized carbons (Fsp3) is 0.154. The van der Waals surface area contributed by atoms with E-state index < -0.39 is 17.6 Å². The van der Waals surface area contributed by atoms with Gasteiger partial charge in [0, 0.05) is 12.7 Å². The zero-order valence-electron chi connectivity index (χ0n) is 10.0. The smallest absolute Gasteiger partial charge is 0.366 e. The lowest BCUT2D eigenvalue weighted by molar-refractivity contribution is -0.137. The minimum atomic E-state index is -4.42. The Labute approximate surface area is 117 Å². The van der Waals surface area contributed by atoms with E-state index in [0.717, 1.165) is 18.3 Å². The molecule has 0 saturated carbocycles. The molecule has 2 aromatic rings. The second-order valence-electron chi connectivity index (χ2n) is 4.03. The molecule has 0 amide bonds. The van der Waals surface area contributed by atoms with Gasteiger partial charge in [-0.3, -0.25) is 0 Å². The van der Waals surface area contributed by atoms with Gasteiger partial charge in [0.15, 0.2) is 0 Å². The molecule has 2 rings (SSSR count). The Kier molecular flexibility index (Phi) is 4.13. The molecule has 0 atom stereocenters. The van der Waals surface area contributed by atoms with Crippen LogP contribution in [0.3, 0.4) is 0 Å². The van der Waals surface area contributed by atoms with Crippen LogP contribution in [0.15, 0.2) is 36.5 Å². The van der Waals surface area contributed by atoms with Crippen molar-refractivity contribution in [2.24, 2.45) is 0 Å². The van der Waals surface area contributed by atoms with Gasteiger partial charge in [-0.25, -0.2) is 9.37 Å². The first-order valence-electron chi connectivity index (χ1n) is 5.57. The summed E-state index contributed by atoms with van der Waals surface area (Å²) in [6.45, 7) is 0.189. The van der Waals surface area contributed by atoms with Crippen molar-refractivity contribution >= 4 is 17.4 Å². The first-order chi connectivity index (χ1) is 9.36. The molecule has 0 aliphatic heterocycles. The predicted octanol–water partition coefficient (Wildman–Crippen LogP) is 4.51. The number of aromatic nitrogens is 1. The summed E-state index contributed by atoms with van der Waals surface area (Å²) < 4.78 is 50.5. The number of nitrogens with one attached hydrogen (secondary N) is 1. The molecule has 1 aromatic heterocycles. The van der Waals surface area contributed by atoms with Gasteiger partial charge in [-0.15, -0.1) is 0 Å². The maximum atomic E-state index is 13.0. The molecule has 0 spiro atoms. The lowest BCUT2D eigenvalue weighted by Crippen LogP contribution is -2.07. The van der Waals surface area contributed by atoms with Crippen LogP contribution < -0.4 is 5.32 Å². The third-order valence-corrected chi connectivity index (χ3v) is 2.83. The van der Waals surface area contributed by atoms with Crippen molar-refractivity contribution in [3.63, 3.8) is 0 Å². The van der Waals surface area contributed by atoms with E-state index in [9.17, 15) is 17.6 Å². The maximum absolute atomic E-state index is 13.0. The molecule has 20 heavy (non-hydrogen) atoms. The molecule has 0 unspecified atom stereocenters. The number of rotatable bonds is 3. The minimum absolute atomic E-state index is 0.0405. The highest BCUT2D eigenvalue weighted by Crippen LogP contribution is 2.30. The Morgan fingerprint density at radius 3 is 2.55 bits per heavy atom. The summed E-state index contributed by atoms with van der Waals surface area (Å²) in [5, 5.41) is 2.69. The normalized spacial score (nSPS) is 11.4. The molecule has 0 saturated heterocycles. The summed E-state index contributed by atoms with van der Waals surface area (Å²) in [7, 11) is 0.